The summed E-state index contributed by atoms with van der Waals surface area (Å²) in [7, 11) is -1.93. The number of nitrogens with one attached hydrogen (secondary N) is 1. The molecule has 1 fully saturated rings. The topological polar surface area (TPSA) is 84.3 Å². The van der Waals surface area contributed by atoms with Gasteiger partial charge in [0.25, 0.3) is 0 Å². The van der Waals surface area contributed by atoms with E-state index in [2.05, 4.69) is 9.71 Å². The van der Waals surface area contributed by atoms with E-state index in [0.29, 0.717) is 23.6 Å². The molecule has 6 rings (SSSR count). The van der Waals surface area contributed by atoms with Gasteiger partial charge in [-0.1, -0.05) is 35.9 Å². The number of amides is 1. The molecular formula is C30H28ClFN4O3S. The third-order valence-corrected chi connectivity index (χ3v) is 9.50. The van der Waals surface area contributed by atoms with E-state index in [1.54, 1.807) is 29.3 Å². The molecule has 2 aliphatic carbocycles. The van der Waals surface area contributed by atoms with Gasteiger partial charge in [-0.2, -0.15) is 0 Å². The Morgan fingerprint density at radius 1 is 1.15 bits per heavy atom. The number of imidazole rings is 1. The van der Waals surface area contributed by atoms with Gasteiger partial charge in [0.2, 0.25) is 15.9 Å². The molecule has 1 heterocycles. The Bertz CT molecular complexity index is 1710. The highest BCUT2D eigenvalue weighted by molar-refractivity contribution is 7.89. The Labute approximate surface area is 237 Å². The van der Waals surface area contributed by atoms with Crippen LogP contribution in [-0.2, 0) is 34.8 Å². The highest BCUT2D eigenvalue weighted by atomic mass is 35.5. The Hall–Kier alpha value is -3.53. The summed E-state index contributed by atoms with van der Waals surface area (Å²) in [5.41, 5.74) is 3.37. The number of carbonyl (C=O) groups excluding carboxylic acids is 1. The number of sulfonamides is 1. The van der Waals surface area contributed by atoms with Crippen molar-refractivity contribution in [1.82, 2.24) is 14.3 Å². The molecule has 4 aromatic rings. The number of hydrogen-bond donors (Lipinski definition) is 1. The van der Waals surface area contributed by atoms with E-state index < -0.39 is 16.1 Å². The number of benzene rings is 3. The first-order valence-electron chi connectivity index (χ1n) is 13.1. The van der Waals surface area contributed by atoms with Gasteiger partial charge in [0.05, 0.1) is 11.4 Å². The van der Waals surface area contributed by atoms with Crippen molar-refractivity contribution >= 4 is 33.2 Å². The van der Waals surface area contributed by atoms with Crippen LogP contribution in [0.4, 0.5) is 10.1 Å². The molecule has 206 valence electrons. The van der Waals surface area contributed by atoms with Gasteiger partial charge in [0, 0.05) is 42.1 Å². The van der Waals surface area contributed by atoms with Gasteiger partial charge in [-0.3, -0.25) is 4.79 Å². The minimum absolute atomic E-state index is 0.0428. The average Bonchev–Trinajstić information content (AvgIpc) is 3.50. The van der Waals surface area contributed by atoms with Crippen molar-refractivity contribution in [1.29, 1.82) is 0 Å². The fourth-order valence-electron chi connectivity index (χ4n) is 5.53. The van der Waals surface area contributed by atoms with E-state index in [-0.39, 0.29) is 35.0 Å². The van der Waals surface area contributed by atoms with Gasteiger partial charge in [-0.25, -0.2) is 22.5 Å². The van der Waals surface area contributed by atoms with Crippen LogP contribution < -0.4 is 9.62 Å². The van der Waals surface area contributed by atoms with Crippen LogP contribution in [0.25, 0.3) is 0 Å². The Morgan fingerprint density at radius 3 is 2.73 bits per heavy atom. The number of aromatic nitrogens is 2. The minimum atomic E-state index is -3.81. The van der Waals surface area contributed by atoms with Crippen LogP contribution >= 0.6 is 11.6 Å². The lowest BCUT2D eigenvalue weighted by Crippen LogP contribution is -2.33. The summed E-state index contributed by atoms with van der Waals surface area (Å²) in [6.07, 6.45) is 5.49. The molecule has 10 heteroatoms. The van der Waals surface area contributed by atoms with Crippen LogP contribution in [-0.4, -0.2) is 23.9 Å². The Kier molecular flexibility index (Phi) is 6.98. The van der Waals surface area contributed by atoms with E-state index in [0.717, 1.165) is 28.9 Å². The van der Waals surface area contributed by atoms with Crippen LogP contribution in [0, 0.1) is 11.7 Å². The zero-order valence-electron chi connectivity index (χ0n) is 21.8. The number of carbonyl (C=O) groups is 1. The molecule has 0 spiro atoms. The highest BCUT2D eigenvalue weighted by Gasteiger charge is 2.46. The first-order valence-corrected chi connectivity index (χ1v) is 15.0. The molecular weight excluding hydrogens is 551 g/mol. The van der Waals surface area contributed by atoms with Crippen molar-refractivity contribution < 1.29 is 17.6 Å². The molecule has 1 saturated carbocycles. The first-order chi connectivity index (χ1) is 19.2. The molecule has 0 saturated heterocycles. The van der Waals surface area contributed by atoms with Crippen LogP contribution in [0.15, 0.2) is 84.0 Å². The fourth-order valence-corrected chi connectivity index (χ4v) is 7.08. The number of fused-ring (bicyclic) bond motifs is 1. The molecule has 3 atom stereocenters. The molecule has 7 nitrogen and oxygen atoms in total. The molecule has 0 radical (unpaired) electrons. The molecule has 0 bridgehead atoms. The summed E-state index contributed by atoms with van der Waals surface area (Å²) in [6.45, 7) is 0.256. The lowest BCUT2D eigenvalue weighted by molar-refractivity contribution is -0.120. The largest absolute Gasteiger partial charge is 0.337 e. The van der Waals surface area contributed by atoms with Gasteiger partial charge in [0.1, 0.15) is 11.6 Å². The zero-order chi connectivity index (χ0) is 28.0. The summed E-state index contributed by atoms with van der Waals surface area (Å²) in [5.74, 6) is 0.0258. The number of halogens is 2. The van der Waals surface area contributed by atoms with Gasteiger partial charge in [0.15, 0.2) is 0 Å². The monoisotopic (exact) mass is 578 g/mol. The number of aryl methyl sites for hydroxylation is 2. The van der Waals surface area contributed by atoms with Crippen LogP contribution in [0.5, 0.6) is 0 Å². The minimum Gasteiger partial charge on any atom is -0.337 e. The van der Waals surface area contributed by atoms with Crippen LogP contribution in [0.3, 0.4) is 0 Å². The van der Waals surface area contributed by atoms with Crippen molar-refractivity contribution in [2.45, 2.75) is 42.7 Å². The SMILES string of the molecule is Cn1ccnc1CN(C(=O)[C@H]1C[C@@H]1c1cccc(F)c1)c1ccc2c(c1)[C@@H](NS(=O)(=O)c1cccc(Cl)c1)CC2. The molecule has 2 aliphatic rings. The molecule has 1 amide bonds. The third-order valence-electron chi connectivity index (χ3n) is 7.79. The van der Waals surface area contributed by atoms with Crippen molar-refractivity contribution in [2.24, 2.45) is 13.0 Å². The molecule has 1 N–H and O–H groups in total. The lowest BCUT2D eigenvalue weighted by Gasteiger charge is -2.25. The first kappa shape index (κ1) is 26.7. The molecule has 0 aliphatic heterocycles. The van der Waals surface area contributed by atoms with E-state index in [1.165, 1.54) is 24.3 Å². The second-order valence-corrected chi connectivity index (χ2v) is 12.6. The Balaban J connectivity index is 1.30. The molecule has 40 heavy (non-hydrogen) atoms. The van der Waals surface area contributed by atoms with E-state index in [9.17, 15) is 17.6 Å². The maximum absolute atomic E-state index is 13.9. The Morgan fingerprint density at radius 2 is 1.98 bits per heavy atom. The molecule has 0 unspecified atom stereocenters. The maximum atomic E-state index is 13.9. The second-order valence-electron chi connectivity index (χ2n) is 10.4. The highest BCUT2D eigenvalue weighted by Crippen LogP contribution is 2.49. The van der Waals surface area contributed by atoms with Crippen molar-refractivity contribution in [3.63, 3.8) is 0 Å². The quantitative estimate of drug-likeness (QED) is 0.299. The van der Waals surface area contributed by atoms with Crippen molar-refractivity contribution in [3.05, 3.63) is 112 Å². The average molecular weight is 579 g/mol. The normalized spacial score (nSPS) is 19.8. The summed E-state index contributed by atoms with van der Waals surface area (Å²) < 4.78 is 44.8. The molecule has 3 aromatic carbocycles. The predicted molar refractivity (Wildman–Crippen MR) is 151 cm³/mol. The lowest BCUT2D eigenvalue weighted by atomic mass is 10.1. The third kappa shape index (κ3) is 5.29. The predicted octanol–water partition coefficient (Wildman–Crippen LogP) is 5.52. The number of anilines is 1. The number of rotatable bonds is 8. The number of hydrogen-bond acceptors (Lipinski definition) is 4. The fraction of sp³-hybridized carbons (Fsp3) is 0.267. The van der Waals surface area contributed by atoms with E-state index in [4.69, 9.17) is 11.6 Å². The summed E-state index contributed by atoms with van der Waals surface area (Å²) in [4.78, 5) is 20.2. The second kappa shape index (κ2) is 10.5. The van der Waals surface area contributed by atoms with Gasteiger partial charge in [-0.05, 0) is 84.3 Å². The molecule has 1 aromatic heterocycles. The zero-order valence-corrected chi connectivity index (χ0v) is 23.4. The summed E-state index contributed by atoms with van der Waals surface area (Å²) in [6, 6.07) is 17.9. The van der Waals surface area contributed by atoms with Crippen molar-refractivity contribution in [3.8, 4) is 0 Å². The van der Waals surface area contributed by atoms with E-state index in [1.807, 2.05) is 42.1 Å². The summed E-state index contributed by atoms with van der Waals surface area (Å²) in [5, 5.41) is 0.344. The van der Waals surface area contributed by atoms with Crippen LogP contribution in [0.2, 0.25) is 5.02 Å². The van der Waals surface area contributed by atoms with Gasteiger partial charge < -0.3 is 9.47 Å². The smallest absolute Gasteiger partial charge is 0.241 e. The van der Waals surface area contributed by atoms with Gasteiger partial charge in [-0.15, -0.1) is 0 Å². The maximum Gasteiger partial charge on any atom is 0.241 e. The van der Waals surface area contributed by atoms with Gasteiger partial charge >= 0.3 is 0 Å². The number of nitrogens with zero attached hydrogens (tertiary/aromatic N) is 3. The standard InChI is InChI=1S/C30H28ClFN4O3S/c1-35-13-12-33-29(35)18-36(30(37)27-17-25(27)20-4-2-6-22(32)14-20)23-10-8-19-9-11-28(26(19)16-23)34-40(38,39)24-7-3-5-21(31)15-24/h2-8,10,12-16,25,27-28,34H,9,11,17-18H2,1H3/t25-,27+,28+/m1/s1. The van der Waals surface area contributed by atoms with Crippen molar-refractivity contribution in [2.75, 3.05) is 4.90 Å². The summed E-state index contributed by atoms with van der Waals surface area (Å²) >= 11 is 6.04. The van der Waals surface area contributed by atoms with Crippen LogP contribution in [0.1, 0.15) is 47.3 Å². The van der Waals surface area contributed by atoms with E-state index >= 15 is 0 Å².